The zero-order valence-electron chi connectivity index (χ0n) is 12.7. The van der Waals surface area contributed by atoms with E-state index in [-0.39, 0.29) is 24.7 Å². The first-order valence-corrected chi connectivity index (χ1v) is 7.55. The van der Waals surface area contributed by atoms with E-state index in [0.29, 0.717) is 12.6 Å². The third-order valence-electron chi connectivity index (χ3n) is 4.07. The van der Waals surface area contributed by atoms with Crippen LogP contribution < -0.4 is 5.32 Å². The summed E-state index contributed by atoms with van der Waals surface area (Å²) in [6, 6.07) is 2.94. The molecule has 1 saturated heterocycles. The van der Waals surface area contributed by atoms with Crippen LogP contribution in [-0.4, -0.2) is 37.1 Å². The van der Waals surface area contributed by atoms with E-state index in [0.717, 1.165) is 32.0 Å². The van der Waals surface area contributed by atoms with Crippen molar-refractivity contribution in [1.82, 2.24) is 10.2 Å². The molecule has 0 aliphatic carbocycles. The Balaban J connectivity index is 2.23. The monoisotopic (exact) mass is 329 g/mol. The SMILES string of the molecule is [C-]#[N+]CCN(Cc1ccc(F)cc1C(F)(F)F)C1CCNCC1. The first kappa shape index (κ1) is 17.7. The third-order valence-corrected chi connectivity index (χ3v) is 4.07. The summed E-state index contributed by atoms with van der Waals surface area (Å²) >= 11 is 0. The van der Waals surface area contributed by atoms with Crippen molar-refractivity contribution >= 4 is 0 Å². The Labute approximate surface area is 133 Å². The highest BCUT2D eigenvalue weighted by Gasteiger charge is 2.34. The predicted octanol–water partition coefficient (Wildman–Crippen LogP) is 3.32. The molecule has 0 bridgehead atoms. The minimum absolute atomic E-state index is 0.0578. The number of benzene rings is 1. The van der Waals surface area contributed by atoms with Crippen molar-refractivity contribution in [1.29, 1.82) is 0 Å². The second-order valence-corrected chi connectivity index (χ2v) is 5.63. The lowest BCUT2D eigenvalue weighted by Gasteiger charge is -2.34. The summed E-state index contributed by atoms with van der Waals surface area (Å²) in [6.45, 7) is 9.28. The molecule has 3 nitrogen and oxygen atoms in total. The Morgan fingerprint density at radius 2 is 1.96 bits per heavy atom. The molecule has 1 aliphatic rings. The van der Waals surface area contributed by atoms with Gasteiger partial charge in [0.15, 0.2) is 0 Å². The van der Waals surface area contributed by atoms with Crippen molar-refractivity contribution in [2.45, 2.75) is 31.6 Å². The Bertz CT molecular complexity index is 559. The number of hydrogen-bond acceptors (Lipinski definition) is 2. The fourth-order valence-corrected chi connectivity index (χ4v) is 2.91. The van der Waals surface area contributed by atoms with E-state index in [9.17, 15) is 17.6 Å². The van der Waals surface area contributed by atoms with Gasteiger partial charge >= 0.3 is 6.18 Å². The molecular formula is C16H19F4N3. The molecule has 0 spiro atoms. The van der Waals surface area contributed by atoms with Crippen molar-refractivity contribution in [2.24, 2.45) is 0 Å². The molecule has 1 aromatic rings. The van der Waals surface area contributed by atoms with Gasteiger partial charge in [-0.05, 0) is 43.6 Å². The second kappa shape index (κ2) is 7.75. The summed E-state index contributed by atoms with van der Waals surface area (Å²) in [6.07, 6.45) is -2.92. The van der Waals surface area contributed by atoms with Crippen LogP contribution in [0.4, 0.5) is 17.6 Å². The molecule has 0 unspecified atom stereocenters. The first-order chi connectivity index (χ1) is 10.9. The van der Waals surface area contributed by atoms with E-state index in [1.807, 2.05) is 4.90 Å². The molecule has 1 aromatic carbocycles. The second-order valence-electron chi connectivity index (χ2n) is 5.63. The van der Waals surface area contributed by atoms with Gasteiger partial charge in [-0.1, -0.05) is 6.07 Å². The van der Waals surface area contributed by atoms with Gasteiger partial charge in [-0.2, -0.15) is 13.2 Å². The van der Waals surface area contributed by atoms with E-state index in [1.54, 1.807) is 0 Å². The number of hydrogen-bond donors (Lipinski definition) is 1. The largest absolute Gasteiger partial charge is 0.416 e. The lowest BCUT2D eigenvalue weighted by molar-refractivity contribution is -0.138. The van der Waals surface area contributed by atoms with Gasteiger partial charge in [0, 0.05) is 12.6 Å². The Morgan fingerprint density at radius 1 is 1.26 bits per heavy atom. The van der Waals surface area contributed by atoms with Crippen molar-refractivity contribution in [3.8, 4) is 0 Å². The van der Waals surface area contributed by atoms with Crippen LogP contribution in [0.25, 0.3) is 4.85 Å². The quantitative estimate of drug-likeness (QED) is 0.660. The molecule has 0 aromatic heterocycles. The summed E-state index contributed by atoms with van der Waals surface area (Å²) in [4.78, 5) is 5.23. The minimum atomic E-state index is -4.59. The molecule has 0 amide bonds. The standard InChI is InChI=1S/C16H19F4N3/c1-21-8-9-23(14-4-6-22-7-5-14)11-12-2-3-13(17)10-15(12)16(18,19)20/h2-3,10,14,22H,4-9,11H2. The van der Waals surface area contributed by atoms with Crippen molar-refractivity contribution in [2.75, 3.05) is 26.2 Å². The zero-order chi connectivity index (χ0) is 16.9. The minimum Gasteiger partial charge on any atom is -0.317 e. The summed E-state index contributed by atoms with van der Waals surface area (Å²) in [5.74, 6) is -0.893. The lowest BCUT2D eigenvalue weighted by Crippen LogP contribution is -2.44. The van der Waals surface area contributed by atoms with Crippen molar-refractivity contribution in [3.05, 3.63) is 46.6 Å². The molecule has 2 rings (SSSR count). The van der Waals surface area contributed by atoms with Gasteiger partial charge < -0.3 is 10.2 Å². The molecule has 1 heterocycles. The average Bonchev–Trinajstić information content (AvgIpc) is 2.52. The molecule has 0 saturated carbocycles. The Kier molecular flexibility index (Phi) is 5.97. The van der Waals surface area contributed by atoms with E-state index < -0.39 is 17.6 Å². The van der Waals surface area contributed by atoms with Gasteiger partial charge in [-0.25, -0.2) is 11.0 Å². The lowest BCUT2D eigenvalue weighted by atomic mass is 10.0. The van der Waals surface area contributed by atoms with Crippen LogP contribution in [-0.2, 0) is 12.7 Å². The maximum atomic E-state index is 13.2. The van der Waals surface area contributed by atoms with Crippen molar-refractivity contribution in [3.63, 3.8) is 0 Å². The molecule has 23 heavy (non-hydrogen) atoms. The highest BCUT2D eigenvalue weighted by molar-refractivity contribution is 5.30. The molecular weight excluding hydrogens is 310 g/mol. The maximum Gasteiger partial charge on any atom is 0.416 e. The molecule has 0 radical (unpaired) electrons. The fraction of sp³-hybridized carbons (Fsp3) is 0.562. The highest BCUT2D eigenvalue weighted by Crippen LogP contribution is 2.33. The number of nitrogens with zero attached hydrogens (tertiary/aromatic N) is 2. The summed E-state index contributed by atoms with van der Waals surface area (Å²) < 4.78 is 52.6. The first-order valence-electron chi connectivity index (χ1n) is 7.55. The van der Waals surface area contributed by atoms with E-state index >= 15 is 0 Å². The Hall–Kier alpha value is -1.65. The highest BCUT2D eigenvalue weighted by atomic mass is 19.4. The topological polar surface area (TPSA) is 19.6 Å². The van der Waals surface area contributed by atoms with Gasteiger partial charge in [0.1, 0.15) is 5.82 Å². The van der Waals surface area contributed by atoms with Gasteiger partial charge in [0.2, 0.25) is 6.54 Å². The van der Waals surface area contributed by atoms with Crippen LogP contribution in [0.3, 0.4) is 0 Å². The van der Waals surface area contributed by atoms with E-state index in [4.69, 9.17) is 6.57 Å². The summed E-state index contributed by atoms with van der Waals surface area (Å²) in [7, 11) is 0. The summed E-state index contributed by atoms with van der Waals surface area (Å²) in [5, 5.41) is 3.22. The molecule has 7 heteroatoms. The van der Waals surface area contributed by atoms with Crippen LogP contribution >= 0.6 is 0 Å². The molecule has 0 atom stereocenters. The molecule has 1 aliphatic heterocycles. The van der Waals surface area contributed by atoms with Gasteiger partial charge in [0.05, 0.1) is 12.1 Å². The van der Waals surface area contributed by atoms with Gasteiger partial charge in [-0.3, -0.25) is 4.90 Å². The van der Waals surface area contributed by atoms with E-state index in [2.05, 4.69) is 10.2 Å². The van der Waals surface area contributed by atoms with Gasteiger partial charge in [-0.15, -0.1) is 0 Å². The van der Waals surface area contributed by atoms with Crippen molar-refractivity contribution < 1.29 is 17.6 Å². The van der Waals surface area contributed by atoms with E-state index in [1.165, 1.54) is 6.07 Å². The number of alkyl halides is 3. The smallest absolute Gasteiger partial charge is 0.317 e. The van der Waals surface area contributed by atoms with Gasteiger partial charge in [0.25, 0.3) is 0 Å². The zero-order valence-corrected chi connectivity index (χ0v) is 12.7. The molecule has 126 valence electrons. The predicted molar refractivity (Wildman–Crippen MR) is 79.2 cm³/mol. The average molecular weight is 329 g/mol. The normalized spacial score (nSPS) is 16.5. The summed E-state index contributed by atoms with van der Waals surface area (Å²) in [5.41, 5.74) is -0.873. The van der Waals surface area contributed by atoms with Crippen LogP contribution in [0.15, 0.2) is 18.2 Å². The number of halogens is 4. The number of piperidine rings is 1. The fourth-order valence-electron chi connectivity index (χ4n) is 2.91. The number of rotatable bonds is 5. The van der Waals surface area contributed by atoms with Crippen LogP contribution in [0.2, 0.25) is 0 Å². The number of nitrogens with one attached hydrogen (secondary N) is 1. The van der Waals surface area contributed by atoms with Crippen LogP contribution in [0.1, 0.15) is 24.0 Å². The molecule has 1 fully saturated rings. The third kappa shape index (κ3) is 4.91. The maximum absolute atomic E-state index is 13.2. The Morgan fingerprint density at radius 3 is 2.57 bits per heavy atom. The van der Waals surface area contributed by atoms with Crippen LogP contribution in [0.5, 0.6) is 0 Å². The van der Waals surface area contributed by atoms with Crippen LogP contribution in [0, 0.1) is 12.4 Å². The molecule has 1 N–H and O–H groups in total.